The van der Waals surface area contributed by atoms with Crippen LogP contribution >= 0.6 is 0 Å². The van der Waals surface area contributed by atoms with Gasteiger partial charge in [-0.05, 0) is 37.6 Å². The third-order valence-electron chi connectivity index (χ3n) is 5.17. The van der Waals surface area contributed by atoms with Gasteiger partial charge >= 0.3 is 6.09 Å². The molecular weight excluding hydrogens is 378 g/mol. The maximum atomic E-state index is 12.2. The van der Waals surface area contributed by atoms with Gasteiger partial charge in [0.2, 0.25) is 0 Å². The van der Waals surface area contributed by atoms with Gasteiger partial charge in [0.25, 0.3) is 0 Å². The van der Waals surface area contributed by atoms with Gasteiger partial charge < -0.3 is 14.0 Å². The molecule has 0 aliphatic heterocycles. The summed E-state index contributed by atoms with van der Waals surface area (Å²) in [7, 11) is 3.54. The minimum atomic E-state index is -0.474. The summed E-state index contributed by atoms with van der Waals surface area (Å²) >= 11 is 0. The van der Waals surface area contributed by atoms with E-state index in [1.807, 2.05) is 54.9 Å². The number of anilines is 1. The first-order valence-corrected chi connectivity index (χ1v) is 10.1. The van der Waals surface area contributed by atoms with E-state index < -0.39 is 6.09 Å². The Labute approximate surface area is 177 Å². The number of ether oxygens (including phenoxy) is 2. The van der Waals surface area contributed by atoms with Gasteiger partial charge in [0.05, 0.1) is 23.9 Å². The second kappa shape index (κ2) is 9.36. The minimum Gasteiger partial charge on any atom is -0.497 e. The number of hydrogen-bond donors (Lipinski definition) is 1. The van der Waals surface area contributed by atoms with E-state index in [1.165, 1.54) is 0 Å². The van der Waals surface area contributed by atoms with E-state index in [4.69, 9.17) is 9.47 Å². The summed E-state index contributed by atoms with van der Waals surface area (Å²) in [6.45, 7) is 4.01. The first-order chi connectivity index (χ1) is 14.5. The molecular formula is C24H27N3O3. The lowest BCUT2D eigenvalue weighted by molar-refractivity contribution is 0.114. The topological polar surface area (TPSA) is 76.3 Å². The minimum absolute atomic E-state index is 0.133. The van der Waals surface area contributed by atoms with E-state index in [1.54, 1.807) is 13.2 Å². The van der Waals surface area contributed by atoms with Gasteiger partial charge in [-0.3, -0.25) is 5.32 Å². The number of benzene rings is 2. The molecule has 1 amide bonds. The number of aromatic nitrogens is 1. The Balaban J connectivity index is 1.91. The number of amides is 1. The maximum Gasteiger partial charge on any atom is 0.411 e. The lowest BCUT2D eigenvalue weighted by atomic mass is 10.1. The lowest BCUT2D eigenvalue weighted by Crippen LogP contribution is -2.20. The van der Waals surface area contributed by atoms with Crippen LogP contribution in [-0.4, -0.2) is 23.9 Å². The zero-order chi connectivity index (χ0) is 21.7. The van der Waals surface area contributed by atoms with Gasteiger partial charge in [-0.1, -0.05) is 31.9 Å². The van der Waals surface area contributed by atoms with Crippen LogP contribution in [0.4, 0.5) is 10.5 Å². The number of carbonyl (C=O) groups is 1. The Morgan fingerprint density at radius 3 is 2.77 bits per heavy atom. The monoisotopic (exact) mass is 405 g/mol. The number of methoxy groups -OCH3 is 1. The molecule has 3 aromatic rings. The second-order valence-electron chi connectivity index (χ2n) is 7.34. The summed E-state index contributed by atoms with van der Waals surface area (Å²) in [6.07, 6.45) is 2.32. The van der Waals surface area contributed by atoms with Crippen LogP contribution in [0.2, 0.25) is 0 Å². The highest BCUT2D eigenvalue weighted by molar-refractivity contribution is 5.96. The van der Waals surface area contributed by atoms with E-state index >= 15 is 0 Å². The molecule has 30 heavy (non-hydrogen) atoms. The van der Waals surface area contributed by atoms with Gasteiger partial charge in [0.15, 0.2) is 0 Å². The van der Waals surface area contributed by atoms with Crippen LogP contribution in [0.15, 0.2) is 42.5 Å². The van der Waals surface area contributed by atoms with Crippen LogP contribution in [-0.2, 0) is 11.8 Å². The molecule has 1 aromatic heterocycles. The number of nitrogens with zero attached hydrogens (tertiary/aromatic N) is 2. The van der Waals surface area contributed by atoms with Crippen molar-refractivity contribution in [3.63, 3.8) is 0 Å². The summed E-state index contributed by atoms with van der Waals surface area (Å²) in [6, 6.07) is 15.4. The largest absolute Gasteiger partial charge is 0.497 e. The van der Waals surface area contributed by atoms with Gasteiger partial charge in [0, 0.05) is 29.8 Å². The smallest absolute Gasteiger partial charge is 0.411 e. The zero-order valence-electron chi connectivity index (χ0n) is 17.9. The Morgan fingerprint density at radius 2 is 2.07 bits per heavy atom. The molecule has 0 bridgehead atoms. The fraction of sp³-hybridized carbons (Fsp3) is 0.333. The fourth-order valence-electron chi connectivity index (χ4n) is 3.62. The molecule has 6 heteroatoms. The number of fused-ring (bicyclic) bond motifs is 1. The quantitative estimate of drug-likeness (QED) is 0.535. The van der Waals surface area contributed by atoms with Crippen molar-refractivity contribution < 1.29 is 14.3 Å². The third kappa shape index (κ3) is 4.41. The van der Waals surface area contributed by atoms with Crippen molar-refractivity contribution in [1.29, 1.82) is 5.26 Å². The number of nitrogens with one attached hydrogen (secondary N) is 1. The number of nitriles is 1. The van der Waals surface area contributed by atoms with Gasteiger partial charge in [-0.15, -0.1) is 0 Å². The summed E-state index contributed by atoms with van der Waals surface area (Å²) in [4.78, 5) is 12.2. The van der Waals surface area contributed by atoms with Crippen molar-refractivity contribution in [3.8, 4) is 23.1 Å². The molecule has 1 heterocycles. The Kier molecular flexibility index (Phi) is 6.63. The average Bonchev–Trinajstić information content (AvgIpc) is 3.03. The molecule has 0 saturated heterocycles. The summed E-state index contributed by atoms with van der Waals surface area (Å²) in [5, 5.41) is 13.5. The van der Waals surface area contributed by atoms with Crippen LogP contribution in [0.25, 0.3) is 22.2 Å². The fourth-order valence-corrected chi connectivity index (χ4v) is 3.62. The van der Waals surface area contributed by atoms with Crippen molar-refractivity contribution in [3.05, 3.63) is 48.0 Å². The van der Waals surface area contributed by atoms with Crippen molar-refractivity contribution in [2.24, 2.45) is 7.05 Å². The predicted octanol–water partition coefficient (Wildman–Crippen LogP) is 5.85. The highest BCUT2D eigenvalue weighted by atomic mass is 16.6. The Hall–Kier alpha value is -3.46. The van der Waals surface area contributed by atoms with Crippen LogP contribution < -0.4 is 10.1 Å². The molecule has 6 nitrogen and oxygen atoms in total. The summed E-state index contributed by atoms with van der Waals surface area (Å²) in [5.41, 5.74) is 3.73. The SMILES string of the molecule is CCCCC(C)OC(=O)Nc1cccc(-c2c(C#N)c3ccc(OC)cc3n2C)c1. The summed E-state index contributed by atoms with van der Waals surface area (Å²) in [5.74, 6) is 0.731. The van der Waals surface area contributed by atoms with E-state index in [2.05, 4.69) is 18.3 Å². The molecule has 156 valence electrons. The van der Waals surface area contributed by atoms with E-state index in [9.17, 15) is 10.1 Å². The predicted molar refractivity (Wildman–Crippen MR) is 119 cm³/mol. The van der Waals surface area contributed by atoms with E-state index in [0.29, 0.717) is 11.3 Å². The zero-order valence-corrected chi connectivity index (χ0v) is 17.9. The molecule has 2 aromatic carbocycles. The second-order valence-corrected chi connectivity index (χ2v) is 7.34. The third-order valence-corrected chi connectivity index (χ3v) is 5.17. The van der Waals surface area contributed by atoms with Crippen LogP contribution in [0, 0.1) is 11.3 Å². The van der Waals surface area contributed by atoms with Crippen molar-refractivity contribution in [2.45, 2.75) is 39.2 Å². The highest BCUT2D eigenvalue weighted by Gasteiger charge is 2.18. The Bertz CT molecular complexity index is 1100. The van der Waals surface area contributed by atoms with Gasteiger partial charge in [-0.2, -0.15) is 5.26 Å². The first kappa shape index (κ1) is 21.3. The molecule has 1 unspecified atom stereocenters. The number of hydrogen-bond acceptors (Lipinski definition) is 4. The molecule has 0 fully saturated rings. The average molecular weight is 405 g/mol. The number of carbonyl (C=O) groups excluding carboxylic acids is 1. The van der Waals surface area contributed by atoms with Crippen molar-refractivity contribution in [1.82, 2.24) is 4.57 Å². The van der Waals surface area contributed by atoms with Crippen LogP contribution in [0.3, 0.4) is 0 Å². The maximum absolute atomic E-state index is 12.2. The molecule has 0 aliphatic rings. The van der Waals surface area contributed by atoms with Gasteiger partial charge in [0.1, 0.15) is 17.9 Å². The van der Waals surface area contributed by atoms with Crippen LogP contribution in [0.5, 0.6) is 5.75 Å². The normalized spacial score (nSPS) is 11.7. The molecule has 0 saturated carbocycles. The first-order valence-electron chi connectivity index (χ1n) is 10.1. The molecule has 0 aliphatic carbocycles. The van der Waals surface area contributed by atoms with Gasteiger partial charge in [-0.25, -0.2) is 4.79 Å². The number of rotatable bonds is 7. The lowest BCUT2D eigenvalue weighted by Gasteiger charge is -2.14. The van der Waals surface area contributed by atoms with Crippen LogP contribution in [0.1, 0.15) is 38.7 Å². The standard InChI is InChI=1S/C24H27N3O3/c1-5-6-8-16(2)30-24(28)26-18-10-7-9-17(13-18)23-21(15-25)20-12-11-19(29-4)14-22(20)27(23)3/h7,9-14,16H,5-6,8H2,1-4H3,(H,26,28). The molecule has 3 rings (SSSR count). The Morgan fingerprint density at radius 1 is 1.27 bits per heavy atom. The molecule has 1 N–H and O–H groups in total. The van der Waals surface area contributed by atoms with Crippen molar-refractivity contribution in [2.75, 3.05) is 12.4 Å². The van der Waals surface area contributed by atoms with Crippen molar-refractivity contribution >= 4 is 22.7 Å². The molecule has 1 atom stereocenters. The van der Waals surface area contributed by atoms with E-state index in [-0.39, 0.29) is 6.10 Å². The number of aryl methyl sites for hydroxylation is 1. The highest BCUT2D eigenvalue weighted by Crippen LogP contribution is 2.35. The van der Waals surface area contributed by atoms with E-state index in [0.717, 1.165) is 47.2 Å². The molecule has 0 radical (unpaired) electrons. The number of unbranched alkanes of at least 4 members (excludes halogenated alkanes) is 1. The molecule has 0 spiro atoms. The summed E-state index contributed by atoms with van der Waals surface area (Å²) < 4.78 is 12.7.